The molecule has 3 heterocycles. The van der Waals surface area contributed by atoms with Crippen LogP contribution in [0.4, 0.5) is 0 Å². The van der Waals surface area contributed by atoms with Gasteiger partial charge in [-0.2, -0.15) is 5.10 Å². The van der Waals surface area contributed by atoms with Gasteiger partial charge in [-0.15, -0.1) is 0 Å². The molecule has 4 rings (SSSR count). The predicted octanol–water partition coefficient (Wildman–Crippen LogP) is 2.33. The van der Waals surface area contributed by atoms with Crippen LogP contribution in [0.1, 0.15) is 17.2 Å². The first-order valence-electron chi connectivity index (χ1n) is 6.70. The zero-order chi connectivity index (χ0) is 14.2. The number of hydrogen-bond donors (Lipinski definition) is 1. The minimum Gasteiger partial charge on any atom is -0.320 e. The highest BCUT2D eigenvalue weighted by atomic mass is 15.2. The lowest BCUT2D eigenvalue weighted by molar-refractivity contribution is 0.881. The minimum absolute atomic E-state index is 0.252. The molecule has 2 N–H and O–H groups in total. The Bertz CT molecular complexity index is 928. The molecule has 102 valence electrons. The Morgan fingerprint density at radius 2 is 2.05 bits per heavy atom. The van der Waals surface area contributed by atoms with E-state index >= 15 is 0 Å². The monoisotopic (exact) mass is 275 g/mol. The van der Waals surface area contributed by atoms with Crippen LogP contribution in [0.3, 0.4) is 0 Å². The van der Waals surface area contributed by atoms with Crippen molar-refractivity contribution in [1.82, 2.24) is 19.6 Å². The average Bonchev–Trinajstić information content (AvgIpc) is 2.98. The molecule has 5 nitrogen and oxygen atoms in total. The summed E-state index contributed by atoms with van der Waals surface area (Å²) < 4.78 is 1.78. The average molecular weight is 275 g/mol. The lowest BCUT2D eigenvalue weighted by Crippen LogP contribution is -2.11. The predicted molar refractivity (Wildman–Crippen MR) is 80.8 cm³/mol. The third-order valence-corrected chi connectivity index (χ3v) is 3.68. The summed E-state index contributed by atoms with van der Waals surface area (Å²) in [5, 5.41) is 5.42. The number of hydrogen-bond acceptors (Lipinski definition) is 4. The molecule has 21 heavy (non-hydrogen) atoms. The first-order valence-corrected chi connectivity index (χ1v) is 6.70. The number of nitrogens with zero attached hydrogens (tertiary/aromatic N) is 4. The van der Waals surface area contributed by atoms with Gasteiger partial charge < -0.3 is 5.73 Å². The van der Waals surface area contributed by atoms with E-state index in [1.165, 1.54) is 0 Å². The molecule has 0 aliphatic rings. The lowest BCUT2D eigenvalue weighted by Gasteiger charge is -2.11. The topological polar surface area (TPSA) is 69.1 Å². The van der Waals surface area contributed by atoms with E-state index < -0.39 is 0 Å². The van der Waals surface area contributed by atoms with Crippen molar-refractivity contribution in [2.75, 3.05) is 0 Å². The van der Waals surface area contributed by atoms with Gasteiger partial charge in [0.25, 0.3) is 0 Å². The third-order valence-electron chi connectivity index (χ3n) is 3.68. The molecular formula is C16H13N5. The van der Waals surface area contributed by atoms with Crippen LogP contribution >= 0.6 is 0 Å². The van der Waals surface area contributed by atoms with Gasteiger partial charge in [-0.1, -0.05) is 18.2 Å². The van der Waals surface area contributed by atoms with E-state index in [4.69, 9.17) is 5.73 Å². The van der Waals surface area contributed by atoms with Crippen LogP contribution in [-0.2, 0) is 0 Å². The molecule has 1 atom stereocenters. The summed E-state index contributed by atoms with van der Waals surface area (Å²) >= 11 is 0. The van der Waals surface area contributed by atoms with Crippen LogP contribution in [-0.4, -0.2) is 19.6 Å². The van der Waals surface area contributed by atoms with Crippen LogP contribution in [0.25, 0.3) is 16.4 Å². The smallest absolute Gasteiger partial charge is 0.0896 e. The van der Waals surface area contributed by atoms with Crippen molar-refractivity contribution < 1.29 is 0 Å². The van der Waals surface area contributed by atoms with Crippen molar-refractivity contribution in [3.05, 3.63) is 72.4 Å². The Labute approximate surface area is 121 Å². The Balaban J connectivity index is 1.83. The zero-order valence-electron chi connectivity index (χ0n) is 11.2. The number of fused-ring (bicyclic) bond motifs is 2. The number of nitrogens with two attached hydrogens (primary N) is 1. The van der Waals surface area contributed by atoms with Crippen LogP contribution in [0.2, 0.25) is 0 Å². The van der Waals surface area contributed by atoms with Gasteiger partial charge in [0.1, 0.15) is 0 Å². The second-order valence-corrected chi connectivity index (χ2v) is 4.94. The number of rotatable bonds is 2. The maximum atomic E-state index is 6.41. The molecule has 0 aliphatic heterocycles. The lowest BCUT2D eigenvalue weighted by atomic mass is 10.00. The molecule has 0 saturated carbocycles. The Kier molecular flexibility index (Phi) is 2.65. The summed E-state index contributed by atoms with van der Waals surface area (Å²) in [4.78, 5) is 8.52. The molecule has 3 aromatic heterocycles. The van der Waals surface area contributed by atoms with E-state index in [1.54, 1.807) is 29.3 Å². The van der Waals surface area contributed by atoms with Gasteiger partial charge in [-0.05, 0) is 17.7 Å². The summed E-state index contributed by atoms with van der Waals surface area (Å²) in [6, 6.07) is 9.82. The molecule has 0 bridgehead atoms. The highest BCUT2D eigenvalue weighted by Crippen LogP contribution is 2.25. The van der Waals surface area contributed by atoms with Crippen molar-refractivity contribution in [3.63, 3.8) is 0 Å². The third kappa shape index (κ3) is 1.95. The van der Waals surface area contributed by atoms with E-state index in [2.05, 4.69) is 15.1 Å². The highest BCUT2D eigenvalue weighted by Gasteiger charge is 2.15. The van der Waals surface area contributed by atoms with Crippen molar-refractivity contribution in [2.24, 2.45) is 5.73 Å². The second-order valence-electron chi connectivity index (χ2n) is 4.94. The van der Waals surface area contributed by atoms with Gasteiger partial charge in [-0.3, -0.25) is 9.97 Å². The zero-order valence-corrected chi connectivity index (χ0v) is 11.2. The number of benzene rings is 1. The second kappa shape index (κ2) is 4.64. The fourth-order valence-corrected chi connectivity index (χ4v) is 2.55. The van der Waals surface area contributed by atoms with Crippen molar-refractivity contribution >= 4 is 16.4 Å². The summed E-state index contributed by atoms with van der Waals surface area (Å²) in [6.45, 7) is 0. The summed E-state index contributed by atoms with van der Waals surface area (Å²) in [5.41, 5.74) is 10.2. The highest BCUT2D eigenvalue weighted by molar-refractivity contribution is 5.79. The van der Waals surface area contributed by atoms with Crippen molar-refractivity contribution in [1.29, 1.82) is 0 Å². The first kappa shape index (κ1) is 12.0. The molecule has 0 saturated heterocycles. The number of aromatic nitrogens is 4. The molecule has 5 heteroatoms. The Hall–Kier alpha value is -2.79. The fraction of sp³-hybridized carbons (Fsp3) is 0.0625. The fourth-order valence-electron chi connectivity index (χ4n) is 2.55. The van der Waals surface area contributed by atoms with E-state index in [1.807, 2.05) is 36.5 Å². The molecule has 1 aromatic carbocycles. The minimum atomic E-state index is -0.252. The van der Waals surface area contributed by atoms with Gasteiger partial charge >= 0.3 is 0 Å². The van der Waals surface area contributed by atoms with Gasteiger partial charge in [-0.25, -0.2) is 4.52 Å². The van der Waals surface area contributed by atoms with Gasteiger partial charge in [0.2, 0.25) is 0 Å². The quantitative estimate of drug-likeness (QED) is 0.609. The van der Waals surface area contributed by atoms with Crippen LogP contribution < -0.4 is 5.73 Å². The van der Waals surface area contributed by atoms with Crippen molar-refractivity contribution in [3.8, 4) is 0 Å². The molecule has 1 unspecified atom stereocenters. The Morgan fingerprint density at radius 3 is 3.00 bits per heavy atom. The number of pyridine rings is 1. The van der Waals surface area contributed by atoms with Crippen LogP contribution in [0, 0.1) is 0 Å². The summed E-state index contributed by atoms with van der Waals surface area (Å²) in [5.74, 6) is 0. The largest absolute Gasteiger partial charge is 0.320 e. The van der Waals surface area contributed by atoms with E-state index in [9.17, 15) is 0 Å². The van der Waals surface area contributed by atoms with E-state index in [-0.39, 0.29) is 6.04 Å². The van der Waals surface area contributed by atoms with Gasteiger partial charge in [0.05, 0.1) is 29.5 Å². The molecule has 0 aliphatic carbocycles. The molecule has 0 amide bonds. The maximum absolute atomic E-state index is 6.41. The summed E-state index contributed by atoms with van der Waals surface area (Å²) in [6.07, 6.45) is 8.88. The molecule has 0 spiro atoms. The Morgan fingerprint density at radius 1 is 1.10 bits per heavy atom. The van der Waals surface area contributed by atoms with Crippen LogP contribution in [0.15, 0.2) is 61.3 Å². The van der Waals surface area contributed by atoms with Gasteiger partial charge in [0, 0.05) is 29.5 Å². The SMILES string of the molecule is NC(c1ccc2cccnc2c1)c1cnn2ccncc12. The normalized spacial score (nSPS) is 12.8. The summed E-state index contributed by atoms with van der Waals surface area (Å²) in [7, 11) is 0. The van der Waals surface area contributed by atoms with Gasteiger partial charge in [0.15, 0.2) is 0 Å². The maximum Gasteiger partial charge on any atom is 0.0896 e. The first-order chi connectivity index (χ1) is 10.3. The molecule has 0 fully saturated rings. The molecular weight excluding hydrogens is 262 g/mol. The molecule has 4 aromatic rings. The van der Waals surface area contributed by atoms with E-state index in [0.717, 1.165) is 27.5 Å². The van der Waals surface area contributed by atoms with E-state index in [0.29, 0.717) is 0 Å². The standard InChI is InChI=1S/C16H13N5/c17-16(13-9-20-21-7-6-18-10-15(13)21)12-4-3-11-2-1-5-19-14(11)8-12/h1-10,16H,17H2. The molecule has 0 radical (unpaired) electrons. The van der Waals surface area contributed by atoms with Crippen molar-refractivity contribution in [2.45, 2.75) is 6.04 Å². The van der Waals surface area contributed by atoms with Crippen LogP contribution in [0.5, 0.6) is 0 Å².